The molecule has 0 aliphatic heterocycles. The van der Waals surface area contributed by atoms with Gasteiger partial charge in [0.1, 0.15) is 17.4 Å². The number of hydrogen-bond acceptors (Lipinski definition) is 6. The number of aryl methyl sites for hydroxylation is 1. The molecule has 8 nitrogen and oxygen atoms in total. The van der Waals surface area contributed by atoms with Crippen LogP contribution in [0.4, 0.5) is 21.8 Å². The molecule has 0 radical (unpaired) electrons. The summed E-state index contributed by atoms with van der Waals surface area (Å²) in [7, 11) is 0. The molecule has 2 aromatic carbocycles. The zero-order valence-corrected chi connectivity index (χ0v) is 18.9. The van der Waals surface area contributed by atoms with Crippen molar-refractivity contribution >= 4 is 40.8 Å². The number of carboxylic acid groups (broad SMARTS) is 1. The van der Waals surface area contributed by atoms with Crippen LogP contribution in [0.1, 0.15) is 30.6 Å². The quantitative estimate of drug-likeness (QED) is 0.335. The van der Waals surface area contributed by atoms with Crippen molar-refractivity contribution in [3.63, 3.8) is 0 Å². The zero-order valence-electron chi connectivity index (χ0n) is 18.1. The number of carboxylic acids is 1. The van der Waals surface area contributed by atoms with Crippen molar-refractivity contribution in [1.82, 2.24) is 15.3 Å². The monoisotopic (exact) mass is 469 g/mol. The van der Waals surface area contributed by atoms with Gasteiger partial charge in [-0.1, -0.05) is 12.1 Å². The van der Waals surface area contributed by atoms with Crippen LogP contribution in [-0.4, -0.2) is 32.8 Å². The van der Waals surface area contributed by atoms with Gasteiger partial charge >= 0.3 is 5.97 Å². The minimum atomic E-state index is -1.02. The first kappa shape index (κ1) is 23.9. The second kappa shape index (κ2) is 11.2. The summed E-state index contributed by atoms with van der Waals surface area (Å²) >= 11 is 5.34. The Morgan fingerprint density at radius 1 is 1.15 bits per heavy atom. The third-order valence-corrected chi connectivity index (χ3v) is 4.69. The maximum atomic E-state index is 13.2. The summed E-state index contributed by atoms with van der Waals surface area (Å²) in [4.78, 5) is 20.0. The van der Waals surface area contributed by atoms with E-state index in [0.29, 0.717) is 23.7 Å². The number of benzene rings is 2. The van der Waals surface area contributed by atoms with E-state index in [2.05, 4.69) is 25.9 Å². The number of nitrogens with zero attached hydrogens (tertiary/aromatic N) is 2. The van der Waals surface area contributed by atoms with Crippen molar-refractivity contribution in [2.24, 2.45) is 0 Å². The molecule has 3 aromatic rings. The lowest BCUT2D eigenvalue weighted by atomic mass is 10.0. The van der Waals surface area contributed by atoms with Crippen molar-refractivity contribution in [1.29, 1.82) is 0 Å². The standard InChI is InChI=1S/C23H24FN5O3S/c1-3-32-18-10-8-17(9-11-18)26-20-12-14(2)25-22(28-20)29-23(33)27-19(13-21(30)31)15-4-6-16(24)7-5-15/h4-12,19H,3,13H2,1-2H3,(H,30,31)(H3,25,26,27,28,29,33). The minimum absolute atomic E-state index is 0.142. The van der Waals surface area contributed by atoms with Gasteiger partial charge in [0.25, 0.3) is 0 Å². The summed E-state index contributed by atoms with van der Waals surface area (Å²) in [6.45, 7) is 4.33. The average Bonchev–Trinajstić information content (AvgIpc) is 2.74. The summed E-state index contributed by atoms with van der Waals surface area (Å²) in [5.41, 5.74) is 2.11. The van der Waals surface area contributed by atoms with Gasteiger partial charge in [0.15, 0.2) is 5.11 Å². The fourth-order valence-corrected chi connectivity index (χ4v) is 3.29. The lowest BCUT2D eigenvalue weighted by Crippen LogP contribution is -2.34. The highest BCUT2D eigenvalue weighted by Crippen LogP contribution is 2.21. The Kier molecular flexibility index (Phi) is 8.09. The zero-order chi connectivity index (χ0) is 23.8. The van der Waals surface area contributed by atoms with Gasteiger partial charge in [0.05, 0.1) is 19.1 Å². The van der Waals surface area contributed by atoms with Crippen molar-refractivity contribution < 1.29 is 19.0 Å². The molecule has 4 N–H and O–H groups in total. The second-order valence-corrected chi connectivity index (χ2v) is 7.51. The molecule has 0 spiro atoms. The van der Waals surface area contributed by atoms with E-state index in [9.17, 15) is 14.3 Å². The van der Waals surface area contributed by atoms with Crippen LogP contribution in [0.3, 0.4) is 0 Å². The second-order valence-electron chi connectivity index (χ2n) is 7.10. The fourth-order valence-electron chi connectivity index (χ4n) is 3.06. The topological polar surface area (TPSA) is 108 Å². The highest BCUT2D eigenvalue weighted by atomic mass is 32.1. The number of aromatic nitrogens is 2. The number of thiocarbonyl (C=S) groups is 1. The van der Waals surface area contributed by atoms with Crippen molar-refractivity contribution in [3.8, 4) is 5.75 Å². The highest BCUT2D eigenvalue weighted by Gasteiger charge is 2.17. The maximum Gasteiger partial charge on any atom is 0.305 e. The minimum Gasteiger partial charge on any atom is -0.494 e. The number of nitrogens with one attached hydrogen (secondary N) is 3. The molecule has 1 unspecified atom stereocenters. The molecule has 10 heteroatoms. The molecule has 0 aliphatic carbocycles. The predicted octanol–water partition coefficient (Wildman–Crippen LogP) is 4.57. The molecule has 3 rings (SSSR count). The first-order valence-corrected chi connectivity index (χ1v) is 10.6. The van der Waals surface area contributed by atoms with Crippen LogP contribution < -0.4 is 20.7 Å². The van der Waals surface area contributed by atoms with Gasteiger partial charge in [-0.05, 0) is 68.0 Å². The van der Waals surface area contributed by atoms with Gasteiger partial charge < -0.3 is 25.8 Å². The van der Waals surface area contributed by atoms with Gasteiger partial charge in [-0.15, -0.1) is 0 Å². The van der Waals surface area contributed by atoms with Gasteiger partial charge in [-0.2, -0.15) is 4.98 Å². The van der Waals surface area contributed by atoms with Crippen molar-refractivity contribution in [2.75, 3.05) is 17.2 Å². The molecular formula is C23H24FN5O3S. The number of rotatable bonds is 9. The van der Waals surface area contributed by atoms with Gasteiger partial charge in [0, 0.05) is 17.4 Å². The van der Waals surface area contributed by atoms with Crippen LogP contribution in [0.5, 0.6) is 5.75 Å². The third-order valence-electron chi connectivity index (χ3n) is 4.47. The Balaban J connectivity index is 1.69. The number of anilines is 3. The molecule has 0 saturated heterocycles. The summed E-state index contributed by atoms with van der Waals surface area (Å²) in [5.74, 6) is 0.145. The van der Waals surface area contributed by atoms with Crippen molar-refractivity contribution in [3.05, 3.63) is 71.7 Å². The SMILES string of the molecule is CCOc1ccc(Nc2cc(C)nc(NC(=S)NC(CC(=O)O)c3ccc(F)cc3)n2)cc1. The van der Waals surface area contributed by atoms with E-state index in [1.54, 1.807) is 6.07 Å². The molecule has 0 amide bonds. The molecule has 0 saturated carbocycles. The Morgan fingerprint density at radius 3 is 2.48 bits per heavy atom. The van der Waals surface area contributed by atoms with Gasteiger partial charge in [-0.3, -0.25) is 4.79 Å². The van der Waals surface area contributed by atoms with Crippen LogP contribution in [0.25, 0.3) is 0 Å². The molecule has 0 bridgehead atoms. The summed E-state index contributed by atoms with van der Waals surface area (Å²) in [5, 5.41) is 18.4. The lowest BCUT2D eigenvalue weighted by molar-refractivity contribution is -0.137. The van der Waals surface area contributed by atoms with Crippen LogP contribution >= 0.6 is 12.2 Å². The Hall–Kier alpha value is -3.79. The largest absolute Gasteiger partial charge is 0.494 e. The van der Waals surface area contributed by atoms with E-state index in [0.717, 1.165) is 11.4 Å². The van der Waals surface area contributed by atoms with E-state index in [-0.39, 0.29) is 17.5 Å². The lowest BCUT2D eigenvalue weighted by Gasteiger charge is -2.20. The average molecular weight is 470 g/mol. The highest BCUT2D eigenvalue weighted by molar-refractivity contribution is 7.80. The van der Waals surface area contributed by atoms with E-state index in [1.807, 2.05) is 38.1 Å². The number of aliphatic carboxylic acids is 1. The molecule has 0 aliphatic rings. The van der Waals surface area contributed by atoms with E-state index >= 15 is 0 Å². The van der Waals surface area contributed by atoms with Crippen molar-refractivity contribution in [2.45, 2.75) is 26.3 Å². The van der Waals surface area contributed by atoms with E-state index in [1.165, 1.54) is 24.3 Å². The normalized spacial score (nSPS) is 11.4. The van der Waals surface area contributed by atoms with Gasteiger partial charge in [0.2, 0.25) is 5.95 Å². The van der Waals surface area contributed by atoms with Crippen LogP contribution in [0.15, 0.2) is 54.6 Å². The third kappa shape index (κ3) is 7.39. The van der Waals surface area contributed by atoms with E-state index < -0.39 is 17.8 Å². The molecule has 1 atom stereocenters. The molecule has 1 heterocycles. The van der Waals surface area contributed by atoms with Crippen LogP contribution in [0.2, 0.25) is 0 Å². The van der Waals surface area contributed by atoms with E-state index in [4.69, 9.17) is 17.0 Å². The summed E-state index contributed by atoms with van der Waals surface area (Å²) in [6, 6.07) is 14.2. The van der Waals surface area contributed by atoms with Crippen LogP contribution in [-0.2, 0) is 4.79 Å². The Morgan fingerprint density at radius 2 is 1.85 bits per heavy atom. The predicted molar refractivity (Wildman–Crippen MR) is 128 cm³/mol. The molecule has 172 valence electrons. The Labute approximate surface area is 196 Å². The molecular weight excluding hydrogens is 445 g/mol. The van der Waals surface area contributed by atoms with Crippen LogP contribution in [0, 0.1) is 12.7 Å². The maximum absolute atomic E-state index is 13.2. The summed E-state index contributed by atoms with van der Waals surface area (Å²) in [6.07, 6.45) is -0.243. The smallest absolute Gasteiger partial charge is 0.305 e. The number of hydrogen-bond donors (Lipinski definition) is 4. The number of ether oxygens (including phenoxy) is 1. The first-order valence-electron chi connectivity index (χ1n) is 10.2. The van der Waals surface area contributed by atoms with Gasteiger partial charge in [-0.25, -0.2) is 9.37 Å². The number of carbonyl (C=O) groups is 1. The molecule has 0 fully saturated rings. The Bertz CT molecular complexity index is 1110. The molecule has 1 aromatic heterocycles. The molecule has 33 heavy (non-hydrogen) atoms. The first-order chi connectivity index (χ1) is 15.8. The summed E-state index contributed by atoms with van der Waals surface area (Å²) < 4.78 is 18.7. The fraction of sp³-hybridized carbons (Fsp3) is 0.217. The number of halogens is 1.